The topological polar surface area (TPSA) is 38.7 Å². The molecule has 1 saturated heterocycles. The van der Waals surface area contributed by atoms with Gasteiger partial charge >= 0.3 is 0 Å². The molecule has 0 spiro atoms. The van der Waals surface area contributed by atoms with Crippen LogP contribution in [-0.4, -0.2) is 71.9 Å². The van der Waals surface area contributed by atoms with Crippen molar-refractivity contribution in [1.29, 1.82) is 0 Å². The van der Waals surface area contributed by atoms with Crippen molar-refractivity contribution in [3.8, 4) is 0 Å². The molecule has 112 valence electrons. The van der Waals surface area contributed by atoms with Gasteiger partial charge in [0.05, 0.1) is 12.1 Å². The van der Waals surface area contributed by atoms with Crippen molar-refractivity contribution in [2.24, 2.45) is 0 Å². The molecule has 4 heteroatoms. The number of aliphatic hydroxyl groups excluding tert-OH is 1. The fourth-order valence-electron chi connectivity index (χ4n) is 2.98. The van der Waals surface area contributed by atoms with E-state index in [0.29, 0.717) is 12.1 Å². The van der Waals surface area contributed by atoms with E-state index in [1.54, 1.807) is 0 Å². The summed E-state index contributed by atoms with van der Waals surface area (Å²) >= 11 is 0. The highest BCUT2D eigenvalue weighted by Crippen LogP contribution is 2.23. The lowest BCUT2D eigenvalue weighted by Gasteiger charge is -2.41. The Morgan fingerprint density at radius 2 is 1.89 bits per heavy atom. The van der Waals surface area contributed by atoms with E-state index in [2.05, 4.69) is 35.9 Å². The lowest BCUT2D eigenvalue weighted by atomic mass is 10.0. The molecule has 0 amide bonds. The third-order valence-electron chi connectivity index (χ3n) is 4.67. The van der Waals surface area contributed by atoms with E-state index in [9.17, 15) is 5.11 Å². The lowest BCUT2D eigenvalue weighted by Crippen LogP contribution is -2.58. The van der Waals surface area contributed by atoms with Gasteiger partial charge in [-0.15, -0.1) is 0 Å². The van der Waals surface area contributed by atoms with Gasteiger partial charge in [0.2, 0.25) is 0 Å². The fourth-order valence-corrected chi connectivity index (χ4v) is 2.98. The summed E-state index contributed by atoms with van der Waals surface area (Å²) in [5.74, 6) is 0. The number of nitrogens with zero attached hydrogens (tertiary/aromatic N) is 2. The van der Waals surface area contributed by atoms with Crippen molar-refractivity contribution in [2.75, 3.05) is 39.3 Å². The molecule has 2 N–H and O–H groups in total. The molecule has 1 heterocycles. The van der Waals surface area contributed by atoms with E-state index in [1.807, 2.05) is 0 Å². The van der Waals surface area contributed by atoms with Crippen LogP contribution in [0.25, 0.3) is 0 Å². The van der Waals surface area contributed by atoms with Crippen molar-refractivity contribution in [2.45, 2.75) is 57.7 Å². The quantitative estimate of drug-likeness (QED) is 0.720. The first-order chi connectivity index (χ1) is 9.06. The van der Waals surface area contributed by atoms with Gasteiger partial charge in [0.1, 0.15) is 0 Å². The molecular formula is C15H31N3O. The molecule has 2 unspecified atom stereocenters. The van der Waals surface area contributed by atoms with Gasteiger partial charge in [0.15, 0.2) is 0 Å². The highest BCUT2D eigenvalue weighted by atomic mass is 16.3. The summed E-state index contributed by atoms with van der Waals surface area (Å²) in [6.07, 6.45) is 3.78. The second kappa shape index (κ2) is 6.53. The number of hydrogen-bond acceptors (Lipinski definition) is 4. The Morgan fingerprint density at radius 1 is 1.26 bits per heavy atom. The molecule has 2 rings (SSSR count). The Hall–Kier alpha value is -0.160. The molecule has 1 saturated carbocycles. The van der Waals surface area contributed by atoms with Crippen LogP contribution >= 0.6 is 0 Å². The molecule has 2 atom stereocenters. The molecule has 1 aliphatic carbocycles. The zero-order valence-corrected chi connectivity index (χ0v) is 12.9. The first-order valence-electron chi connectivity index (χ1n) is 7.91. The smallest absolute Gasteiger partial charge is 0.0623 e. The minimum absolute atomic E-state index is 0.125. The van der Waals surface area contributed by atoms with Gasteiger partial charge in [-0.05, 0) is 33.1 Å². The summed E-state index contributed by atoms with van der Waals surface area (Å²) in [4.78, 5) is 5.09. The second-order valence-corrected chi connectivity index (χ2v) is 6.71. The summed E-state index contributed by atoms with van der Waals surface area (Å²) in [6.45, 7) is 12.5. The highest BCUT2D eigenvalue weighted by Gasteiger charge is 2.34. The predicted molar refractivity (Wildman–Crippen MR) is 79.4 cm³/mol. The largest absolute Gasteiger partial charge is 0.394 e. The number of nitrogens with one attached hydrogen (secondary N) is 1. The van der Waals surface area contributed by atoms with Crippen LogP contribution in [0.5, 0.6) is 0 Å². The van der Waals surface area contributed by atoms with E-state index in [-0.39, 0.29) is 12.1 Å². The molecule has 2 aliphatic rings. The maximum Gasteiger partial charge on any atom is 0.0623 e. The molecule has 0 aromatic carbocycles. The van der Waals surface area contributed by atoms with Gasteiger partial charge in [0.25, 0.3) is 0 Å². The predicted octanol–water partition coefficient (Wildman–Crippen LogP) is 0.906. The van der Waals surface area contributed by atoms with Gasteiger partial charge in [0, 0.05) is 44.8 Å². The molecular weight excluding hydrogens is 238 g/mol. The van der Waals surface area contributed by atoms with Gasteiger partial charge in [-0.3, -0.25) is 9.80 Å². The standard InChI is InChI=1S/C15H31N3O/c1-4-13(2)18-9-7-17(8-10-18)11-15(3,12-19)16-14-5-6-14/h13-14,16,19H,4-12H2,1-3H3. The summed E-state index contributed by atoms with van der Waals surface area (Å²) in [7, 11) is 0. The zero-order chi connectivity index (χ0) is 13.9. The second-order valence-electron chi connectivity index (χ2n) is 6.71. The highest BCUT2D eigenvalue weighted by molar-refractivity contribution is 4.95. The Balaban J connectivity index is 1.77. The lowest BCUT2D eigenvalue weighted by molar-refractivity contribution is 0.0627. The summed E-state index contributed by atoms with van der Waals surface area (Å²) < 4.78 is 0. The van der Waals surface area contributed by atoms with Crippen LogP contribution in [0.3, 0.4) is 0 Å². The summed E-state index contributed by atoms with van der Waals surface area (Å²) in [6, 6.07) is 1.36. The molecule has 0 aromatic heterocycles. The van der Waals surface area contributed by atoms with Gasteiger partial charge in [-0.1, -0.05) is 6.92 Å². The van der Waals surface area contributed by atoms with Crippen LogP contribution in [0.1, 0.15) is 40.0 Å². The SMILES string of the molecule is CCC(C)N1CCN(CC(C)(CO)NC2CC2)CC1. The molecule has 4 nitrogen and oxygen atoms in total. The van der Waals surface area contributed by atoms with Gasteiger partial charge in [-0.25, -0.2) is 0 Å². The van der Waals surface area contributed by atoms with Gasteiger partial charge < -0.3 is 10.4 Å². The molecule has 1 aliphatic heterocycles. The van der Waals surface area contributed by atoms with Crippen molar-refractivity contribution < 1.29 is 5.11 Å². The minimum atomic E-state index is -0.125. The Bertz CT molecular complexity index is 275. The number of piperazine rings is 1. The summed E-state index contributed by atoms with van der Waals surface area (Å²) in [5, 5.41) is 13.3. The summed E-state index contributed by atoms with van der Waals surface area (Å²) in [5.41, 5.74) is -0.125. The Labute approximate surface area is 118 Å². The van der Waals surface area contributed by atoms with Crippen molar-refractivity contribution in [3.05, 3.63) is 0 Å². The first-order valence-corrected chi connectivity index (χ1v) is 7.91. The fraction of sp³-hybridized carbons (Fsp3) is 1.00. The molecule has 0 bridgehead atoms. The van der Waals surface area contributed by atoms with Crippen molar-refractivity contribution in [1.82, 2.24) is 15.1 Å². The van der Waals surface area contributed by atoms with Crippen LogP contribution in [0.2, 0.25) is 0 Å². The van der Waals surface area contributed by atoms with Crippen LogP contribution in [0.4, 0.5) is 0 Å². The van der Waals surface area contributed by atoms with Crippen LogP contribution in [-0.2, 0) is 0 Å². The molecule has 0 aromatic rings. The zero-order valence-electron chi connectivity index (χ0n) is 12.9. The van der Waals surface area contributed by atoms with Crippen LogP contribution in [0, 0.1) is 0 Å². The first kappa shape index (κ1) is 15.2. The Morgan fingerprint density at radius 3 is 2.37 bits per heavy atom. The van der Waals surface area contributed by atoms with Crippen LogP contribution < -0.4 is 5.32 Å². The number of rotatable bonds is 7. The number of hydrogen-bond donors (Lipinski definition) is 2. The average molecular weight is 269 g/mol. The van der Waals surface area contributed by atoms with Crippen molar-refractivity contribution >= 4 is 0 Å². The molecule has 2 fully saturated rings. The third kappa shape index (κ3) is 4.42. The number of aliphatic hydroxyl groups is 1. The monoisotopic (exact) mass is 269 g/mol. The molecule has 19 heavy (non-hydrogen) atoms. The third-order valence-corrected chi connectivity index (χ3v) is 4.67. The van der Waals surface area contributed by atoms with E-state index < -0.39 is 0 Å². The van der Waals surface area contributed by atoms with E-state index in [0.717, 1.165) is 19.6 Å². The van der Waals surface area contributed by atoms with Gasteiger partial charge in [-0.2, -0.15) is 0 Å². The van der Waals surface area contributed by atoms with E-state index >= 15 is 0 Å². The van der Waals surface area contributed by atoms with Crippen LogP contribution in [0.15, 0.2) is 0 Å². The normalized spacial score (nSPS) is 27.2. The maximum absolute atomic E-state index is 9.67. The minimum Gasteiger partial charge on any atom is -0.394 e. The maximum atomic E-state index is 9.67. The molecule has 0 radical (unpaired) electrons. The van der Waals surface area contributed by atoms with Crippen molar-refractivity contribution in [3.63, 3.8) is 0 Å². The van der Waals surface area contributed by atoms with E-state index in [1.165, 1.54) is 32.4 Å². The average Bonchev–Trinajstić information content (AvgIpc) is 3.22. The Kier molecular flexibility index (Phi) is 5.23. The van der Waals surface area contributed by atoms with E-state index in [4.69, 9.17) is 0 Å².